The van der Waals surface area contributed by atoms with Crippen LogP contribution in [0.4, 0.5) is 13.2 Å². The summed E-state index contributed by atoms with van der Waals surface area (Å²) in [5.74, 6) is 0.673. The summed E-state index contributed by atoms with van der Waals surface area (Å²) in [4.78, 5) is 4.09. The van der Waals surface area contributed by atoms with Crippen molar-refractivity contribution in [3.8, 4) is 0 Å². The average Bonchev–Trinajstić information content (AvgIpc) is 2.56. The van der Waals surface area contributed by atoms with Crippen molar-refractivity contribution in [2.45, 2.75) is 32.4 Å². The Morgan fingerprint density at radius 3 is 2.58 bits per heavy atom. The highest BCUT2D eigenvalue weighted by Gasteiger charge is 2.30. The van der Waals surface area contributed by atoms with Gasteiger partial charge in [0.15, 0.2) is 5.96 Å². The van der Waals surface area contributed by atoms with E-state index in [0.29, 0.717) is 44.2 Å². The lowest BCUT2D eigenvalue weighted by molar-refractivity contribution is -0.137. The SMILES string of the molecule is CCOCCNC(=NC)NCCC(C)c1cccc(C(F)(F)F)c1. The van der Waals surface area contributed by atoms with Crippen LogP contribution >= 0.6 is 0 Å². The number of rotatable bonds is 8. The second-order valence-corrected chi connectivity index (χ2v) is 5.44. The quantitative estimate of drug-likeness (QED) is 0.431. The van der Waals surface area contributed by atoms with Crippen LogP contribution in [0.25, 0.3) is 0 Å². The standard InChI is InChI=1S/C17H26F3N3O/c1-4-24-11-10-23-16(21-3)22-9-8-13(2)14-6-5-7-15(12-14)17(18,19)20/h5-7,12-13H,4,8-11H2,1-3H3,(H2,21,22,23). The number of hydrogen-bond donors (Lipinski definition) is 2. The molecule has 4 nitrogen and oxygen atoms in total. The van der Waals surface area contributed by atoms with Crippen molar-refractivity contribution >= 4 is 5.96 Å². The molecule has 0 bridgehead atoms. The zero-order valence-electron chi connectivity index (χ0n) is 14.4. The molecule has 0 aromatic heterocycles. The Bertz CT molecular complexity index is 518. The first-order valence-corrected chi connectivity index (χ1v) is 8.07. The summed E-state index contributed by atoms with van der Waals surface area (Å²) in [6, 6.07) is 5.50. The number of nitrogens with zero attached hydrogens (tertiary/aromatic N) is 1. The van der Waals surface area contributed by atoms with Crippen molar-refractivity contribution in [2.24, 2.45) is 4.99 Å². The summed E-state index contributed by atoms with van der Waals surface area (Å²) in [6.07, 6.45) is -3.60. The fourth-order valence-electron chi connectivity index (χ4n) is 2.20. The van der Waals surface area contributed by atoms with Crippen LogP contribution in [-0.4, -0.2) is 39.3 Å². The van der Waals surface area contributed by atoms with Crippen molar-refractivity contribution in [1.29, 1.82) is 0 Å². The molecule has 0 saturated carbocycles. The summed E-state index contributed by atoms with van der Waals surface area (Å²) in [7, 11) is 1.67. The molecule has 0 radical (unpaired) electrons. The minimum atomic E-state index is -4.31. The van der Waals surface area contributed by atoms with Gasteiger partial charge in [-0.25, -0.2) is 0 Å². The number of benzene rings is 1. The lowest BCUT2D eigenvalue weighted by Gasteiger charge is -2.16. The van der Waals surface area contributed by atoms with Crippen LogP contribution in [-0.2, 0) is 10.9 Å². The fraction of sp³-hybridized carbons (Fsp3) is 0.588. The molecule has 7 heteroatoms. The second-order valence-electron chi connectivity index (χ2n) is 5.44. The third-order valence-electron chi connectivity index (χ3n) is 3.62. The zero-order valence-corrected chi connectivity index (χ0v) is 14.4. The van der Waals surface area contributed by atoms with Crippen LogP contribution in [0.5, 0.6) is 0 Å². The molecule has 0 heterocycles. The van der Waals surface area contributed by atoms with Gasteiger partial charge in [-0.1, -0.05) is 25.1 Å². The van der Waals surface area contributed by atoms with Gasteiger partial charge in [0.25, 0.3) is 0 Å². The number of hydrogen-bond acceptors (Lipinski definition) is 2. The van der Waals surface area contributed by atoms with Crippen molar-refractivity contribution in [1.82, 2.24) is 10.6 Å². The summed E-state index contributed by atoms with van der Waals surface area (Å²) < 4.78 is 43.5. The van der Waals surface area contributed by atoms with E-state index in [1.165, 1.54) is 12.1 Å². The van der Waals surface area contributed by atoms with Gasteiger partial charge in [-0.05, 0) is 30.9 Å². The molecule has 1 unspecified atom stereocenters. The average molecular weight is 345 g/mol. The van der Waals surface area contributed by atoms with E-state index in [0.717, 1.165) is 6.07 Å². The van der Waals surface area contributed by atoms with Crippen molar-refractivity contribution in [3.63, 3.8) is 0 Å². The normalized spacial score (nSPS) is 13.7. The summed E-state index contributed by atoms with van der Waals surface area (Å²) >= 11 is 0. The summed E-state index contributed by atoms with van der Waals surface area (Å²) in [6.45, 7) is 6.38. The van der Waals surface area contributed by atoms with E-state index in [9.17, 15) is 13.2 Å². The topological polar surface area (TPSA) is 45.6 Å². The molecule has 0 aliphatic rings. The number of aliphatic imine (C=N–C) groups is 1. The van der Waals surface area contributed by atoms with E-state index >= 15 is 0 Å². The molecule has 0 fully saturated rings. The molecule has 0 spiro atoms. The highest BCUT2D eigenvalue weighted by molar-refractivity contribution is 5.79. The smallest absolute Gasteiger partial charge is 0.380 e. The van der Waals surface area contributed by atoms with Crippen molar-refractivity contribution < 1.29 is 17.9 Å². The molecule has 1 aromatic rings. The predicted molar refractivity (Wildman–Crippen MR) is 90.3 cm³/mol. The van der Waals surface area contributed by atoms with E-state index in [-0.39, 0.29) is 5.92 Å². The van der Waals surface area contributed by atoms with E-state index in [1.807, 2.05) is 13.8 Å². The van der Waals surface area contributed by atoms with Crippen LogP contribution in [0, 0.1) is 0 Å². The summed E-state index contributed by atoms with van der Waals surface area (Å²) in [5.41, 5.74) is 0.0825. The van der Waals surface area contributed by atoms with Gasteiger partial charge in [0, 0.05) is 26.7 Å². The van der Waals surface area contributed by atoms with Gasteiger partial charge in [-0.3, -0.25) is 4.99 Å². The lowest BCUT2D eigenvalue weighted by atomic mass is 9.96. The molecular formula is C17H26F3N3O. The van der Waals surface area contributed by atoms with Crippen LogP contribution in [0.1, 0.15) is 37.3 Å². The maximum absolute atomic E-state index is 12.8. The van der Waals surface area contributed by atoms with Gasteiger partial charge in [-0.15, -0.1) is 0 Å². The van der Waals surface area contributed by atoms with Gasteiger partial charge in [0.05, 0.1) is 12.2 Å². The first kappa shape index (κ1) is 20.3. The van der Waals surface area contributed by atoms with Crippen molar-refractivity contribution in [2.75, 3.05) is 33.4 Å². The first-order chi connectivity index (χ1) is 11.4. The van der Waals surface area contributed by atoms with Crippen LogP contribution in [0.2, 0.25) is 0 Å². The van der Waals surface area contributed by atoms with E-state index in [2.05, 4.69) is 15.6 Å². The molecule has 24 heavy (non-hydrogen) atoms. The second kappa shape index (κ2) is 10.2. The molecule has 1 atom stereocenters. The first-order valence-electron chi connectivity index (χ1n) is 8.07. The molecule has 136 valence electrons. The van der Waals surface area contributed by atoms with Gasteiger partial charge < -0.3 is 15.4 Å². The maximum atomic E-state index is 12.8. The molecule has 0 saturated heterocycles. The predicted octanol–water partition coefficient (Wildman–Crippen LogP) is 3.40. The Labute approximate surface area is 141 Å². The third kappa shape index (κ3) is 7.21. The van der Waals surface area contributed by atoms with E-state index < -0.39 is 11.7 Å². The van der Waals surface area contributed by atoms with Gasteiger partial charge in [-0.2, -0.15) is 13.2 Å². The molecule has 2 N–H and O–H groups in total. The Morgan fingerprint density at radius 2 is 1.96 bits per heavy atom. The molecule has 0 aliphatic heterocycles. The molecule has 0 aliphatic carbocycles. The van der Waals surface area contributed by atoms with Gasteiger partial charge in [0.2, 0.25) is 0 Å². The van der Waals surface area contributed by atoms with Gasteiger partial charge >= 0.3 is 6.18 Å². The highest BCUT2D eigenvalue weighted by Crippen LogP contribution is 2.31. The fourth-order valence-corrected chi connectivity index (χ4v) is 2.20. The Balaban J connectivity index is 2.44. The lowest BCUT2D eigenvalue weighted by Crippen LogP contribution is -2.39. The maximum Gasteiger partial charge on any atom is 0.416 e. The van der Waals surface area contributed by atoms with Crippen LogP contribution in [0.3, 0.4) is 0 Å². The monoisotopic (exact) mass is 345 g/mol. The highest BCUT2D eigenvalue weighted by atomic mass is 19.4. The Morgan fingerprint density at radius 1 is 1.25 bits per heavy atom. The number of halogens is 3. The molecule has 1 aromatic carbocycles. The molecular weight excluding hydrogens is 319 g/mol. The third-order valence-corrected chi connectivity index (χ3v) is 3.62. The number of alkyl halides is 3. The summed E-state index contributed by atoms with van der Waals surface area (Å²) in [5, 5.41) is 6.26. The Hall–Kier alpha value is -1.76. The zero-order chi connectivity index (χ0) is 18.0. The minimum Gasteiger partial charge on any atom is -0.380 e. The van der Waals surface area contributed by atoms with E-state index in [1.54, 1.807) is 13.1 Å². The van der Waals surface area contributed by atoms with Crippen molar-refractivity contribution in [3.05, 3.63) is 35.4 Å². The van der Waals surface area contributed by atoms with E-state index in [4.69, 9.17) is 4.74 Å². The van der Waals surface area contributed by atoms with Crippen LogP contribution in [0.15, 0.2) is 29.3 Å². The number of guanidine groups is 1. The molecule has 1 rings (SSSR count). The molecule has 0 amide bonds. The number of nitrogens with one attached hydrogen (secondary N) is 2. The Kier molecular flexibility index (Phi) is 8.60. The minimum absolute atomic E-state index is 0.0151. The van der Waals surface area contributed by atoms with Crippen LogP contribution < -0.4 is 10.6 Å². The van der Waals surface area contributed by atoms with Gasteiger partial charge in [0.1, 0.15) is 0 Å². The number of ether oxygens (including phenoxy) is 1. The largest absolute Gasteiger partial charge is 0.416 e.